The molecule has 2 aromatic rings. The molecule has 44 heavy (non-hydrogen) atoms. The first kappa shape index (κ1) is 34.9. The highest BCUT2D eigenvalue weighted by Gasteiger charge is 2.51. The standard InChI is InChI=1S/C27H39F3N6O7S/c1-17-23(14-33-35(17)11-10-31-16-41-25(3,4)5)44(39,40)36-15-20(13-32-18(2)37)42-22-9-8-19(12-21(22)36)34-24(38)43-26(6,7)27(28,29)30/h8-9,12,14,20,31H,10-11,13,15-16H2,1-7H3,(H,32,37)(H,34,38). The topological polar surface area (TPSA) is 153 Å². The average Bonchev–Trinajstić information content (AvgIpc) is 3.25. The van der Waals surface area contributed by atoms with Crippen molar-refractivity contribution in [3.8, 4) is 5.75 Å². The highest BCUT2D eigenvalue weighted by Crippen LogP contribution is 2.40. The van der Waals surface area contributed by atoms with Crippen LogP contribution in [0.5, 0.6) is 5.75 Å². The number of nitrogens with zero attached hydrogens (tertiary/aromatic N) is 3. The zero-order valence-corrected chi connectivity index (χ0v) is 26.5. The van der Waals surface area contributed by atoms with Crippen LogP contribution >= 0.6 is 0 Å². The molecule has 1 unspecified atom stereocenters. The van der Waals surface area contributed by atoms with Crippen molar-refractivity contribution >= 4 is 33.4 Å². The third-order valence-electron chi connectivity index (χ3n) is 6.48. The number of benzene rings is 1. The van der Waals surface area contributed by atoms with Gasteiger partial charge >= 0.3 is 12.3 Å². The fourth-order valence-electron chi connectivity index (χ4n) is 3.97. The number of halogens is 3. The van der Waals surface area contributed by atoms with E-state index < -0.39 is 34.0 Å². The molecule has 1 aliphatic heterocycles. The Bertz CT molecular complexity index is 1450. The Morgan fingerprint density at radius 3 is 2.45 bits per heavy atom. The Morgan fingerprint density at radius 2 is 1.84 bits per heavy atom. The van der Waals surface area contributed by atoms with Gasteiger partial charge in [-0.05, 0) is 59.7 Å². The van der Waals surface area contributed by atoms with E-state index in [0.717, 1.165) is 4.31 Å². The van der Waals surface area contributed by atoms with E-state index in [2.05, 4.69) is 25.8 Å². The highest BCUT2D eigenvalue weighted by molar-refractivity contribution is 7.92. The Hall–Kier alpha value is -3.57. The van der Waals surface area contributed by atoms with Gasteiger partial charge in [0.1, 0.15) is 16.7 Å². The number of amides is 2. The number of alkyl halides is 3. The van der Waals surface area contributed by atoms with Crippen LogP contribution in [-0.4, -0.2) is 80.0 Å². The molecule has 2 heterocycles. The summed E-state index contributed by atoms with van der Waals surface area (Å²) >= 11 is 0. The van der Waals surface area contributed by atoms with Crippen molar-refractivity contribution in [1.29, 1.82) is 0 Å². The molecule has 0 saturated carbocycles. The van der Waals surface area contributed by atoms with Gasteiger partial charge in [0.2, 0.25) is 11.5 Å². The number of ether oxygens (including phenoxy) is 3. The maximum Gasteiger partial charge on any atom is 0.427 e. The third-order valence-corrected chi connectivity index (χ3v) is 8.36. The van der Waals surface area contributed by atoms with Gasteiger partial charge in [0, 0.05) is 19.2 Å². The number of hydrogen-bond donors (Lipinski definition) is 3. The zero-order valence-electron chi connectivity index (χ0n) is 25.7. The Balaban J connectivity index is 1.88. The number of sulfonamides is 1. The second-order valence-corrected chi connectivity index (χ2v) is 13.5. The molecule has 3 N–H and O–H groups in total. The van der Waals surface area contributed by atoms with E-state index in [1.807, 2.05) is 20.8 Å². The van der Waals surface area contributed by atoms with Crippen molar-refractivity contribution < 1.29 is 45.4 Å². The smallest absolute Gasteiger partial charge is 0.427 e. The van der Waals surface area contributed by atoms with Crippen LogP contribution in [0.1, 0.15) is 47.2 Å². The first-order valence-electron chi connectivity index (χ1n) is 13.7. The van der Waals surface area contributed by atoms with E-state index in [-0.39, 0.29) is 46.6 Å². The predicted molar refractivity (Wildman–Crippen MR) is 155 cm³/mol. The van der Waals surface area contributed by atoms with Crippen LogP contribution in [-0.2, 0) is 30.8 Å². The first-order valence-corrected chi connectivity index (χ1v) is 15.2. The SMILES string of the molecule is CC(=O)NCC1CN(S(=O)(=O)c2cnn(CCNCOC(C)(C)C)c2C)c2cc(NC(=O)OC(C)(C)C(F)(F)F)ccc2O1. The lowest BCUT2D eigenvalue weighted by atomic mass is 10.1. The number of anilines is 2. The maximum absolute atomic E-state index is 14.0. The molecule has 0 fully saturated rings. The minimum Gasteiger partial charge on any atom is -0.484 e. The van der Waals surface area contributed by atoms with Gasteiger partial charge in [0.25, 0.3) is 10.0 Å². The van der Waals surface area contributed by atoms with Crippen LogP contribution in [0.25, 0.3) is 0 Å². The van der Waals surface area contributed by atoms with Gasteiger partial charge in [0.15, 0.2) is 0 Å². The molecule has 1 aliphatic rings. The summed E-state index contributed by atoms with van der Waals surface area (Å²) in [6.07, 6.45) is -5.76. The molecule has 2 amide bonds. The summed E-state index contributed by atoms with van der Waals surface area (Å²) in [5, 5.41) is 12.2. The van der Waals surface area contributed by atoms with Gasteiger partial charge in [-0.2, -0.15) is 18.3 Å². The number of rotatable bonds is 11. The van der Waals surface area contributed by atoms with Crippen molar-refractivity contribution in [3.05, 3.63) is 30.1 Å². The number of aromatic nitrogens is 2. The molecule has 0 aliphatic carbocycles. The number of fused-ring (bicyclic) bond motifs is 1. The monoisotopic (exact) mass is 648 g/mol. The molecular weight excluding hydrogens is 609 g/mol. The van der Waals surface area contributed by atoms with Gasteiger partial charge in [0.05, 0.1) is 49.5 Å². The van der Waals surface area contributed by atoms with Crippen molar-refractivity contribution in [2.24, 2.45) is 0 Å². The first-order chi connectivity index (χ1) is 20.2. The summed E-state index contributed by atoms with van der Waals surface area (Å²) in [6, 6.07) is 3.94. The van der Waals surface area contributed by atoms with Crippen molar-refractivity contribution in [2.45, 2.75) is 83.4 Å². The van der Waals surface area contributed by atoms with E-state index in [1.54, 1.807) is 6.92 Å². The minimum atomic E-state index is -4.82. The van der Waals surface area contributed by atoms with Gasteiger partial charge in [-0.25, -0.2) is 13.2 Å². The number of nitrogens with one attached hydrogen (secondary N) is 3. The molecule has 246 valence electrons. The number of hydrogen-bond acceptors (Lipinski definition) is 9. The second kappa shape index (κ2) is 13.2. The van der Waals surface area contributed by atoms with Crippen LogP contribution in [0.4, 0.5) is 29.3 Å². The summed E-state index contributed by atoms with van der Waals surface area (Å²) in [5.41, 5.74) is -2.75. The molecule has 17 heteroatoms. The lowest BCUT2D eigenvalue weighted by Crippen LogP contribution is -2.48. The summed E-state index contributed by atoms with van der Waals surface area (Å²) in [5.74, 6) is -0.231. The van der Waals surface area contributed by atoms with Gasteiger partial charge in [-0.15, -0.1) is 0 Å². The summed E-state index contributed by atoms with van der Waals surface area (Å²) < 4.78 is 86.3. The van der Waals surface area contributed by atoms with E-state index in [4.69, 9.17) is 9.47 Å². The molecule has 0 spiro atoms. The van der Waals surface area contributed by atoms with E-state index in [1.165, 1.54) is 36.0 Å². The van der Waals surface area contributed by atoms with Crippen LogP contribution in [0, 0.1) is 6.92 Å². The fraction of sp³-hybridized carbons (Fsp3) is 0.593. The van der Waals surface area contributed by atoms with E-state index >= 15 is 0 Å². The number of carbonyl (C=O) groups excluding carboxylic acids is 2. The molecule has 13 nitrogen and oxygen atoms in total. The Labute approximate surface area is 254 Å². The maximum atomic E-state index is 14.0. The zero-order chi connectivity index (χ0) is 33.1. The largest absolute Gasteiger partial charge is 0.484 e. The lowest BCUT2D eigenvalue weighted by molar-refractivity contribution is -0.242. The van der Waals surface area contributed by atoms with E-state index in [0.29, 0.717) is 39.4 Å². The molecule has 1 aromatic heterocycles. The lowest BCUT2D eigenvalue weighted by Gasteiger charge is -2.35. The normalized spacial score (nSPS) is 15.8. The summed E-state index contributed by atoms with van der Waals surface area (Å²) in [7, 11) is -4.29. The average molecular weight is 649 g/mol. The molecule has 0 bridgehead atoms. The highest BCUT2D eigenvalue weighted by atomic mass is 32.2. The van der Waals surface area contributed by atoms with Crippen molar-refractivity contribution in [2.75, 3.05) is 36.0 Å². The third kappa shape index (κ3) is 8.75. The summed E-state index contributed by atoms with van der Waals surface area (Å²) in [6.45, 7) is 11.0. The predicted octanol–water partition coefficient (Wildman–Crippen LogP) is 3.54. The van der Waals surface area contributed by atoms with Gasteiger partial charge in [-0.3, -0.25) is 24.4 Å². The quantitative estimate of drug-likeness (QED) is 0.245. The van der Waals surface area contributed by atoms with Crippen LogP contribution in [0.15, 0.2) is 29.3 Å². The van der Waals surface area contributed by atoms with Gasteiger partial charge < -0.3 is 19.5 Å². The van der Waals surface area contributed by atoms with Gasteiger partial charge in [-0.1, -0.05) is 0 Å². The fourth-order valence-corrected chi connectivity index (χ4v) is 5.63. The Morgan fingerprint density at radius 1 is 1.16 bits per heavy atom. The second-order valence-electron chi connectivity index (χ2n) is 11.6. The van der Waals surface area contributed by atoms with Crippen LogP contribution in [0.2, 0.25) is 0 Å². The molecule has 1 atom stereocenters. The number of carbonyl (C=O) groups is 2. The molecular formula is C27H39F3N6O7S. The van der Waals surface area contributed by atoms with Crippen LogP contribution in [0.3, 0.4) is 0 Å². The van der Waals surface area contributed by atoms with Crippen molar-refractivity contribution in [1.82, 2.24) is 20.4 Å². The van der Waals surface area contributed by atoms with Crippen LogP contribution < -0.4 is 25.0 Å². The summed E-state index contributed by atoms with van der Waals surface area (Å²) in [4.78, 5) is 23.7. The molecule has 0 saturated heterocycles. The van der Waals surface area contributed by atoms with E-state index in [9.17, 15) is 31.2 Å². The minimum absolute atomic E-state index is 0.000194. The molecule has 0 radical (unpaired) electrons. The molecule has 3 rings (SSSR count). The molecule has 1 aromatic carbocycles. The van der Waals surface area contributed by atoms with Crippen molar-refractivity contribution in [3.63, 3.8) is 0 Å². The Kier molecular flexibility index (Phi) is 10.5.